The standard InChI is InChI=1S/C14H17N3/c1-2-14(10-15-6-1)17-13-4-3-12-9-16-7-5-11(12)8-13/h3-5,7-9,14-15,17H,1-2,6,10H2. The molecule has 0 aliphatic carbocycles. The number of nitrogens with zero attached hydrogens (tertiary/aromatic N) is 1. The van der Waals surface area contributed by atoms with E-state index in [4.69, 9.17) is 0 Å². The quantitative estimate of drug-likeness (QED) is 0.827. The largest absolute Gasteiger partial charge is 0.381 e. The summed E-state index contributed by atoms with van der Waals surface area (Å²) in [5.74, 6) is 0. The van der Waals surface area contributed by atoms with Gasteiger partial charge >= 0.3 is 0 Å². The van der Waals surface area contributed by atoms with Crippen LogP contribution in [0.1, 0.15) is 12.8 Å². The summed E-state index contributed by atoms with van der Waals surface area (Å²) < 4.78 is 0. The first-order valence-corrected chi connectivity index (χ1v) is 6.23. The van der Waals surface area contributed by atoms with E-state index < -0.39 is 0 Å². The summed E-state index contributed by atoms with van der Waals surface area (Å²) in [5, 5.41) is 9.45. The molecule has 1 aromatic heterocycles. The molecule has 1 aliphatic rings. The lowest BCUT2D eigenvalue weighted by molar-refractivity contribution is 0.480. The maximum Gasteiger partial charge on any atom is 0.0386 e. The van der Waals surface area contributed by atoms with Crippen molar-refractivity contribution in [1.29, 1.82) is 0 Å². The van der Waals surface area contributed by atoms with Crippen molar-refractivity contribution >= 4 is 16.5 Å². The Bertz CT molecular complexity index is 504. The molecule has 1 fully saturated rings. The summed E-state index contributed by atoms with van der Waals surface area (Å²) in [6, 6.07) is 9.08. The number of anilines is 1. The van der Waals surface area contributed by atoms with Gasteiger partial charge in [-0.3, -0.25) is 4.98 Å². The molecule has 3 heteroatoms. The van der Waals surface area contributed by atoms with Crippen LogP contribution in [0.3, 0.4) is 0 Å². The topological polar surface area (TPSA) is 37.0 Å². The summed E-state index contributed by atoms with van der Waals surface area (Å²) >= 11 is 0. The van der Waals surface area contributed by atoms with Crippen molar-refractivity contribution in [3.63, 3.8) is 0 Å². The monoisotopic (exact) mass is 227 g/mol. The number of hydrogen-bond acceptors (Lipinski definition) is 3. The number of piperidine rings is 1. The Labute approximate surface area is 101 Å². The molecular formula is C14H17N3. The van der Waals surface area contributed by atoms with Gasteiger partial charge < -0.3 is 10.6 Å². The number of pyridine rings is 1. The number of nitrogens with one attached hydrogen (secondary N) is 2. The molecule has 1 aromatic carbocycles. The highest BCUT2D eigenvalue weighted by Crippen LogP contribution is 2.19. The SMILES string of the molecule is c1cc2cc(NC3CCCNC3)ccc2cn1. The van der Waals surface area contributed by atoms with Gasteiger partial charge in [0.2, 0.25) is 0 Å². The average Bonchev–Trinajstić information content (AvgIpc) is 2.40. The van der Waals surface area contributed by atoms with Gasteiger partial charge in [0.15, 0.2) is 0 Å². The number of benzene rings is 1. The maximum atomic E-state index is 4.13. The summed E-state index contributed by atoms with van der Waals surface area (Å²) in [4.78, 5) is 4.13. The van der Waals surface area contributed by atoms with Gasteiger partial charge in [0.1, 0.15) is 0 Å². The first-order valence-electron chi connectivity index (χ1n) is 6.23. The summed E-state index contributed by atoms with van der Waals surface area (Å²) in [6.45, 7) is 2.22. The molecule has 1 atom stereocenters. The van der Waals surface area contributed by atoms with E-state index in [1.807, 2.05) is 12.4 Å². The molecule has 1 saturated heterocycles. The molecule has 3 rings (SSSR count). The van der Waals surface area contributed by atoms with E-state index in [0.717, 1.165) is 13.1 Å². The molecule has 0 radical (unpaired) electrons. The molecule has 0 saturated carbocycles. The molecule has 88 valence electrons. The third kappa shape index (κ3) is 2.39. The van der Waals surface area contributed by atoms with Crippen LogP contribution in [0.4, 0.5) is 5.69 Å². The predicted molar refractivity (Wildman–Crippen MR) is 71.3 cm³/mol. The molecule has 1 aliphatic heterocycles. The van der Waals surface area contributed by atoms with E-state index >= 15 is 0 Å². The van der Waals surface area contributed by atoms with Crippen LogP contribution >= 0.6 is 0 Å². The second-order valence-corrected chi connectivity index (χ2v) is 4.63. The number of hydrogen-bond donors (Lipinski definition) is 2. The average molecular weight is 227 g/mol. The van der Waals surface area contributed by atoms with Gasteiger partial charge in [-0.1, -0.05) is 6.07 Å². The fourth-order valence-electron chi connectivity index (χ4n) is 2.38. The lowest BCUT2D eigenvalue weighted by atomic mass is 10.1. The summed E-state index contributed by atoms with van der Waals surface area (Å²) in [5.41, 5.74) is 1.21. The van der Waals surface area contributed by atoms with Gasteiger partial charge in [-0.2, -0.15) is 0 Å². The molecule has 2 heterocycles. The first kappa shape index (κ1) is 10.5. The van der Waals surface area contributed by atoms with Crippen LogP contribution in [0.5, 0.6) is 0 Å². The van der Waals surface area contributed by atoms with Gasteiger partial charge in [-0.25, -0.2) is 0 Å². The van der Waals surface area contributed by atoms with Crippen LogP contribution in [0, 0.1) is 0 Å². The molecule has 0 amide bonds. The van der Waals surface area contributed by atoms with Crippen molar-refractivity contribution in [2.24, 2.45) is 0 Å². The fourth-order valence-corrected chi connectivity index (χ4v) is 2.38. The zero-order valence-corrected chi connectivity index (χ0v) is 9.82. The second kappa shape index (κ2) is 4.72. The molecule has 0 bridgehead atoms. The molecule has 2 N–H and O–H groups in total. The van der Waals surface area contributed by atoms with E-state index in [2.05, 4.69) is 39.9 Å². The fraction of sp³-hybridized carbons (Fsp3) is 0.357. The van der Waals surface area contributed by atoms with Crippen molar-refractivity contribution < 1.29 is 0 Å². The van der Waals surface area contributed by atoms with Crippen LogP contribution < -0.4 is 10.6 Å². The van der Waals surface area contributed by atoms with Crippen molar-refractivity contribution in [2.45, 2.75) is 18.9 Å². The summed E-state index contributed by atoms with van der Waals surface area (Å²) in [7, 11) is 0. The Morgan fingerprint density at radius 1 is 1.24 bits per heavy atom. The molecule has 1 unspecified atom stereocenters. The minimum atomic E-state index is 0.558. The molecule has 3 nitrogen and oxygen atoms in total. The Morgan fingerprint density at radius 2 is 2.24 bits per heavy atom. The zero-order chi connectivity index (χ0) is 11.5. The normalized spacial score (nSPS) is 20.4. The van der Waals surface area contributed by atoms with E-state index in [1.165, 1.54) is 29.3 Å². The Hall–Kier alpha value is -1.61. The third-order valence-electron chi connectivity index (χ3n) is 3.31. The lowest BCUT2D eigenvalue weighted by Gasteiger charge is -2.24. The van der Waals surface area contributed by atoms with Gasteiger partial charge in [-0.05, 0) is 43.0 Å². The van der Waals surface area contributed by atoms with Crippen LogP contribution in [0.2, 0.25) is 0 Å². The Kier molecular flexibility index (Phi) is 2.92. The van der Waals surface area contributed by atoms with E-state index in [1.54, 1.807) is 0 Å². The van der Waals surface area contributed by atoms with Gasteiger partial charge in [-0.15, -0.1) is 0 Å². The molecular weight excluding hydrogens is 210 g/mol. The van der Waals surface area contributed by atoms with Crippen LogP contribution in [0.25, 0.3) is 10.8 Å². The number of rotatable bonds is 2. The van der Waals surface area contributed by atoms with Crippen molar-refractivity contribution in [1.82, 2.24) is 10.3 Å². The summed E-state index contributed by atoms with van der Waals surface area (Å²) in [6.07, 6.45) is 6.26. The second-order valence-electron chi connectivity index (χ2n) is 4.63. The molecule has 2 aromatic rings. The highest BCUT2D eigenvalue weighted by Gasteiger charge is 2.12. The van der Waals surface area contributed by atoms with Gasteiger partial charge in [0.05, 0.1) is 0 Å². The van der Waals surface area contributed by atoms with E-state index in [9.17, 15) is 0 Å². The highest BCUT2D eigenvalue weighted by atomic mass is 15.0. The smallest absolute Gasteiger partial charge is 0.0386 e. The Balaban J connectivity index is 1.80. The predicted octanol–water partition coefficient (Wildman–Crippen LogP) is 2.40. The van der Waals surface area contributed by atoms with Crippen LogP contribution in [-0.2, 0) is 0 Å². The van der Waals surface area contributed by atoms with Crippen molar-refractivity contribution in [2.75, 3.05) is 18.4 Å². The maximum absolute atomic E-state index is 4.13. The van der Waals surface area contributed by atoms with E-state index in [-0.39, 0.29) is 0 Å². The van der Waals surface area contributed by atoms with Gasteiger partial charge in [0, 0.05) is 36.1 Å². The van der Waals surface area contributed by atoms with Crippen LogP contribution in [0.15, 0.2) is 36.7 Å². The zero-order valence-electron chi connectivity index (χ0n) is 9.82. The third-order valence-corrected chi connectivity index (χ3v) is 3.31. The van der Waals surface area contributed by atoms with Crippen molar-refractivity contribution in [3.05, 3.63) is 36.7 Å². The highest BCUT2D eigenvalue weighted by molar-refractivity contribution is 5.84. The number of fused-ring (bicyclic) bond motifs is 1. The minimum absolute atomic E-state index is 0.558. The minimum Gasteiger partial charge on any atom is -0.381 e. The Morgan fingerprint density at radius 3 is 3.12 bits per heavy atom. The first-order chi connectivity index (χ1) is 8.42. The van der Waals surface area contributed by atoms with E-state index in [0.29, 0.717) is 6.04 Å². The lowest BCUT2D eigenvalue weighted by Crippen LogP contribution is -2.38. The van der Waals surface area contributed by atoms with Crippen LogP contribution in [-0.4, -0.2) is 24.1 Å². The molecule has 0 spiro atoms. The molecule has 17 heavy (non-hydrogen) atoms. The van der Waals surface area contributed by atoms with Gasteiger partial charge in [0.25, 0.3) is 0 Å². The number of aromatic nitrogens is 1. The van der Waals surface area contributed by atoms with Crippen molar-refractivity contribution in [3.8, 4) is 0 Å².